The highest BCUT2D eigenvalue weighted by molar-refractivity contribution is 5.85. The number of carboxylic acids is 1. The second kappa shape index (κ2) is 11.0. The summed E-state index contributed by atoms with van der Waals surface area (Å²) in [5.74, 6) is -1.08. The minimum absolute atomic E-state index is 0. The van der Waals surface area contributed by atoms with Crippen molar-refractivity contribution in [3.8, 4) is 11.1 Å². The molecule has 2 N–H and O–H groups in total. The van der Waals surface area contributed by atoms with E-state index in [1.165, 1.54) is 0 Å². The summed E-state index contributed by atoms with van der Waals surface area (Å²) in [5.41, 5.74) is 4.56. The van der Waals surface area contributed by atoms with Crippen molar-refractivity contribution >= 4 is 24.5 Å². The van der Waals surface area contributed by atoms with Gasteiger partial charge in [-0.05, 0) is 62.2 Å². The molecular formula is C23H29ClN2O4. The summed E-state index contributed by atoms with van der Waals surface area (Å²) in [7, 11) is 3.95. The lowest BCUT2D eigenvalue weighted by molar-refractivity contribution is -0.139. The summed E-state index contributed by atoms with van der Waals surface area (Å²) in [6, 6.07) is 15.3. The highest BCUT2D eigenvalue weighted by Gasteiger charge is 2.29. The van der Waals surface area contributed by atoms with Crippen molar-refractivity contribution in [3.63, 3.8) is 0 Å². The van der Waals surface area contributed by atoms with Crippen LogP contribution in [0.15, 0.2) is 48.5 Å². The van der Waals surface area contributed by atoms with Crippen molar-refractivity contribution < 1.29 is 19.4 Å². The van der Waals surface area contributed by atoms with E-state index < -0.39 is 18.1 Å². The van der Waals surface area contributed by atoms with Crippen molar-refractivity contribution in [2.75, 3.05) is 27.2 Å². The molecule has 1 aliphatic carbocycles. The number of hydrogen-bond donors (Lipinski definition) is 2. The molecule has 6 nitrogen and oxygen atoms in total. The average Bonchev–Trinajstić information content (AvgIpc) is 3.02. The van der Waals surface area contributed by atoms with E-state index in [2.05, 4.69) is 22.3 Å². The number of ether oxygens (including phenoxy) is 1. The third-order valence-corrected chi connectivity index (χ3v) is 5.28. The summed E-state index contributed by atoms with van der Waals surface area (Å²) in [6.45, 7) is 1.06. The quantitative estimate of drug-likeness (QED) is 0.582. The molecule has 1 atom stereocenters. The second-order valence-corrected chi connectivity index (χ2v) is 7.66. The van der Waals surface area contributed by atoms with Gasteiger partial charge in [0.15, 0.2) is 0 Å². The maximum Gasteiger partial charge on any atom is 0.407 e. The Hall–Kier alpha value is -2.57. The van der Waals surface area contributed by atoms with Crippen LogP contribution in [0.3, 0.4) is 0 Å². The van der Waals surface area contributed by atoms with Gasteiger partial charge in [0.25, 0.3) is 0 Å². The maximum atomic E-state index is 12.3. The fourth-order valence-corrected chi connectivity index (χ4v) is 3.82. The van der Waals surface area contributed by atoms with Gasteiger partial charge >= 0.3 is 12.1 Å². The van der Waals surface area contributed by atoms with Crippen LogP contribution < -0.4 is 5.32 Å². The molecular weight excluding hydrogens is 404 g/mol. The first-order valence-corrected chi connectivity index (χ1v) is 9.96. The fourth-order valence-electron chi connectivity index (χ4n) is 3.82. The molecule has 0 heterocycles. The van der Waals surface area contributed by atoms with Gasteiger partial charge < -0.3 is 20.1 Å². The molecule has 1 aliphatic rings. The third kappa shape index (κ3) is 5.74. The summed E-state index contributed by atoms with van der Waals surface area (Å²) in [4.78, 5) is 25.8. The first-order chi connectivity index (χ1) is 14.0. The largest absolute Gasteiger partial charge is 0.480 e. The minimum atomic E-state index is -1.04. The molecule has 0 spiro atoms. The molecule has 0 aromatic heterocycles. The number of alkyl carbamates (subject to hydrolysis) is 1. The van der Waals surface area contributed by atoms with E-state index in [9.17, 15) is 14.7 Å². The van der Waals surface area contributed by atoms with Crippen molar-refractivity contribution in [1.29, 1.82) is 0 Å². The molecule has 0 saturated heterocycles. The van der Waals surface area contributed by atoms with E-state index in [0.717, 1.165) is 41.6 Å². The zero-order chi connectivity index (χ0) is 20.8. The van der Waals surface area contributed by atoms with Crippen LogP contribution in [0.4, 0.5) is 4.79 Å². The van der Waals surface area contributed by atoms with Gasteiger partial charge in [-0.15, -0.1) is 12.4 Å². The molecule has 7 heteroatoms. The van der Waals surface area contributed by atoms with Crippen LogP contribution in [0.25, 0.3) is 11.1 Å². The topological polar surface area (TPSA) is 78.9 Å². The molecule has 0 fully saturated rings. The van der Waals surface area contributed by atoms with Gasteiger partial charge in [0, 0.05) is 5.92 Å². The number of halogens is 1. The molecule has 3 rings (SSSR count). The number of nitrogens with zero attached hydrogens (tertiary/aromatic N) is 1. The zero-order valence-electron chi connectivity index (χ0n) is 17.3. The second-order valence-electron chi connectivity index (χ2n) is 7.66. The molecule has 2 aromatic carbocycles. The summed E-state index contributed by atoms with van der Waals surface area (Å²) < 4.78 is 5.44. The first kappa shape index (κ1) is 23.7. The van der Waals surface area contributed by atoms with Crippen molar-refractivity contribution in [2.45, 2.75) is 31.2 Å². The number of carbonyl (C=O) groups is 2. The highest BCUT2D eigenvalue weighted by Crippen LogP contribution is 2.44. The average molecular weight is 433 g/mol. The fraction of sp³-hybridized carbons (Fsp3) is 0.391. The number of fused-ring (bicyclic) bond motifs is 3. The number of carboxylic acid groups (broad SMARTS) is 1. The summed E-state index contributed by atoms with van der Waals surface area (Å²) in [5, 5.41) is 11.9. The van der Waals surface area contributed by atoms with E-state index in [1.54, 1.807) is 0 Å². The Labute approximate surface area is 183 Å². The molecule has 0 radical (unpaired) electrons. The number of aliphatic carboxylic acids is 1. The van der Waals surface area contributed by atoms with Crippen molar-refractivity contribution in [2.24, 2.45) is 0 Å². The molecule has 30 heavy (non-hydrogen) atoms. The molecule has 162 valence electrons. The Morgan fingerprint density at radius 1 is 1.03 bits per heavy atom. The number of amides is 1. The molecule has 0 saturated carbocycles. The predicted octanol–water partition coefficient (Wildman–Crippen LogP) is 4.13. The van der Waals surface area contributed by atoms with E-state index in [1.807, 2.05) is 50.5 Å². The van der Waals surface area contributed by atoms with Gasteiger partial charge in [0.2, 0.25) is 0 Å². The monoisotopic (exact) mass is 432 g/mol. The number of carbonyl (C=O) groups excluding carboxylic acids is 1. The molecule has 1 unspecified atom stereocenters. The van der Waals surface area contributed by atoms with Crippen molar-refractivity contribution in [1.82, 2.24) is 10.2 Å². The number of nitrogens with one attached hydrogen (secondary N) is 1. The van der Waals surface area contributed by atoms with Gasteiger partial charge in [-0.25, -0.2) is 9.59 Å². The molecule has 0 bridgehead atoms. The molecule has 0 aliphatic heterocycles. The van der Waals surface area contributed by atoms with Crippen LogP contribution in [0.1, 0.15) is 36.3 Å². The van der Waals surface area contributed by atoms with Gasteiger partial charge in [-0.1, -0.05) is 48.5 Å². The normalized spacial score (nSPS) is 13.2. The Morgan fingerprint density at radius 2 is 1.60 bits per heavy atom. The SMILES string of the molecule is CN(C)CCCCC(NC(=O)OCC1c2ccccc2-c2ccccc21)C(=O)O.Cl. The number of benzene rings is 2. The Kier molecular flexibility index (Phi) is 8.69. The Balaban J connectivity index is 0.00000320. The molecule has 1 amide bonds. The predicted molar refractivity (Wildman–Crippen MR) is 119 cm³/mol. The van der Waals surface area contributed by atoms with Gasteiger partial charge in [-0.2, -0.15) is 0 Å². The summed E-state index contributed by atoms with van der Waals surface area (Å²) >= 11 is 0. The van der Waals surface area contributed by atoms with Gasteiger partial charge in [0.05, 0.1) is 0 Å². The van der Waals surface area contributed by atoms with Crippen LogP contribution in [-0.2, 0) is 9.53 Å². The van der Waals surface area contributed by atoms with Crippen LogP contribution in [0.5, 0.6) is 0 Å². The van der Waals surface area contributed by atoms with Gasteiger partial charge in [0.1, 0.15) is 12.6 Å². The number of rotatable bonds is 9. The summed E-state index contributed by atoms with van der Waals surface area (Å²) in [6.07, 6.45) is 1.29. The highest BCUT2D eigenvalue weighted by atomic mass is 35.5. The zero-order valence-corrected chi connectivity index (χ0v) is 18.2. The number of unbranched alkanes of at least 4 members (excludes halogenated alkanes) is 1. The standard InChI is InChI=1S/C23H28N2O4.ClH/c1-25(2)14-8-7-13-21(22(26)27)24-23(28)29-15-20-18-11-5-3-9-16(18)17-10-4-6-12-19(17)20;/h3-6,9-12,20-21H,7-8,13-15H2,1-2H3,(H,24,28)(H,26,27);1H. The lowest BCUT2D eigenvalue weighted by atomic mass is 9.98. The smallest absolute Gasteiger partial charge is 0.407 e. The Morgan fingerprint density at radius 3 is 2.13 bits per heavy atom. The lowest BCUT2D eigenvalue weighted by Crippen LogP contribution is -2.41. The lowest BCUT2D eigenvalue weighted by Gasteiger charge is -2.18. The number of hydrogen-bond acceptors (Lipinski definition) is 4. The van der Waals surface area contributed by atoms with E-state index in [0.29, 0.717) is 6.42 Å². The third-order valence-electron chi connectivity index (χ3n) is 5.28. The van der Waals surface area contributed by atoms with Crippen LogP contribution >= 0.6 is 12.4 Å². The van der Waals surface area contributed by atoms with Gasteiger partial charge in [-0.3, -0.25) is 0 Å². The minimum Gasteiger partial charge on any atom is -0.480 e. The Bertz CT molecular complexity index is 826. The van der Waals surface area contributed by atoms with Crippen LogP contribution in [0, 0.1) is 0 Å². The van der Waals surface area contributed by atoms with Crippen LogP contribution in [-0.4, -0.2) is 55.4 Å². The first-order valence-electron chi connectivity index (χ1n) is 9.96. The van der Waals surface area contributed by atoms with Crippen molar-refractivity contribution in [3.05, 3.63) is 59.7 Å². The van der Waals surface area contributed by atoms with Crippen LogP contribution in [0.2, 0.25) is 0 Å². The van der Waals surface area contributed by atoms with E-state index >= 15 is 0 Å². The van der Waals surface area contributed by atoms with E-state index in [4.69, 9.17) is 4.74 Å². The maximum absolute atomic E-state index is 12.3. The van der Waals surface area contributed by atoms with E-state index in [-0.39, 0.29) is 24.9 Å². The molecule has 2 aromatic rings.